The lowest BCUT2D eigenvalue weighted by atomic mass is 10.2. The van der Waals surface area contributed by atoms with Crippen molar-refractivity contribution in [1.82, 2.24) is 14.8 Å². The number of anilines is 1. The summed E-state index contributed by atoms with van der Waals surface area (Å²) in [6, 6.07) is 7.68. The second-order valence-electron chi connectivity index (χ2n) is 3.07. The van der Waals surface area contributed by atoms with Gasteiger partial charge in [-0.2, -0.15) is 0 Å². The van der Waals surface area contributed by atoms with Crippen molar-refractivity contribution in [2.45, 2.75) is 6.61 Å². The van der Waals surface area contributed by atoms with Crippen LogP contribution in [0, 0.1) is 0 Å². The number of rotatable bonds is 0. The molecular weight excluding hydrogens is 180 g/mol. The van der Waals surface area contributed by atoms with Gasteiger partial charge in [-0.3, -0.25) is 4.57 Å². The van der Waals surface area contributed by atoms with E-state index in [1.54, 1.807) is 4.57 Å². The van der Waals surface area contributed by atoms with Crippen LogP contribution in [0.2, 0.25) is 0 Å². The number of hydrogen-bond acceptors (Lipinski definition) is 4. The van der Waals surface area contributed by atoms with Gasteiger partial charge in [-0.25, -0.2) is 0 Å². The molecule has 0 amide bonds. The van der Waals surface area contributed by atoms with E-state index >= 15 is 0 Å². The molecule has 2 heterocycles. The fourth-order valence-electron chi connectivity index (χ4n) is 1.59. The number of fused-ring (bicyclic) bond motifs is 3. The number of aromatic nitrogens is 3. The zero-order chi connectivity index (χ0) is 9.54. The lowest BCUT2D eigenvalue weighted by Crippen LogP contribution is -2.14. The first kappa shape index (κ1) is 7.37. The van der Waals surface area contributed by atoms with Crippen molar-refractivity contribution in [3.8, 4) is 11.4 Å². The minimum absolute atomic E-state index is 0.399. The largest absolute Gasteiger partial charge is 0.483 e. The lowest BCUT2D eigenvalue weighted by molar-refractivity contribution is 0.279. The molecule has 0 fully saturated rings. The lowest BCUT2D eigenvalue weighted by Gasteiger charge is -2.18. The molecule has 1 aliphatic heterocycles. The molecule has 5 nitrogen and oxygen atoms in total. The minimum atomic E-state index is 0.399. The maximum Gasteiger partial charge on any atom is 0.226 e. The molecular formula is C9H8N4O. The van der Waals surface area contributed by atoms with Gasteiger partial charge in [0.25, 0.3) is 0 Å². The highest BCUT2D eigenvalue weighted by atomic mass is 16.5. The Kier molecular flexibility index (Phi) is 1.30. The molecule has 0 atom stereocenters. The van der Waals surface area contributed by atoms with E-state index in [1.807, 2.05) is 24.3 Å². The van der Waals surface area contributed by atoms with Crippen LogP contribution in [0.25, 0.3) is 5.69 Å². The first-order chi connectivity index (χ1) is 6.86. The zero-order valence-electron chi connectivity index (χ0n) is 7.34. The predicted octanol–water partition coefficient (Wildman–Crippen LogP) is 0.742. The molecule has 0 unspecified atom stereocenters. The van der Waals surface area contributed by atoms with Gasteiger partial charge in [0.15, 0.2) is 5.82 Å². The van der Waals surface area contributed by atoms with Gasteiger partial charge in [-0.05, 0) is 12.1 Å². The average Bonchev–Trinajstić information content (AvgIpc) is 2.61. The Labute approximate surface area is 80.1 Å². The summed E-state index contributed by atoms with van der Waals surface area (Å²) in [5, 5.41) is 7.73. The molecule has 0 saturated heterocycles. The van der Waals surface area contributed by atoms with E-state index in [1.165, 1.54) is 0 Å². The van der Waals surface area contributed by atoms with E-state index in [-0.39, 0.29) is 0 Å². The van der Waals surface area contributed by atoms with Crippen molar-refractivity contribution < 1.29 is 4.74 Å². The minimum Gasteiger partial charge on any atom is -0.483 e. The topological polar surface area (TPSA) is 66.0 Å². The standard InChI is InChI=1S/C9H8N4O/c10-9-12-11-8-5-14-7-4-2-1-3-6(7)13(8)9/h1-4H,5H2,(H2,10,12). The number of nitrogens with two attached hydrogens (primary N) is 1. The van der Waals surface area contributed by atoms with E-state index in [2.05, 4.69) is 10.2 Å². The smallest absolute Gasteiger partial charge is 0.226 e. The second-order valence-corrected chi connectivity index (χ2v) is 3.07. The van der Waals surface area contributed by atoms with E-state index < -0.39 is 0 Å². The van der Waals surface area contributed by atoms with Crippen molar-refractivity contribution in [3.05, 3.63) is 30.1 Å². The van der Waals surface area contributed by atoms with E-state index in [0.717, 1.165) is 17.3 Å². The molecule has 1 aromatic heterocycles. The Hall–Kier alpha value is -2.04. The van der Waals surface area contributed by atoms with Gasteiger partial charge in [-0.1, -0.05) is 12.1 Å². The quantitative estimate of drug-likeness (QED) is 0.662. The van der Waals surface area contributed by atoms with Crippen LogP contribution in [0.4, 0.5) is 5.95 Å². The summed E-state index contributed by atoms with van der Waals surface area (Å²) in [5.74, 6) is 1.95. The summed E-state index contributed by atoms with van der Waals surface area (Å²) < 4.78 is 7.29. The Balaban J connectivity index is 2.32. The number of hydrogen-bond donors (Lipinski definition) is 1. The summed E-state index contributed by atoms with van der Waals surface area (Å²) in [6.07, 6.45) is 0. The van der Waals surface area contributed by atoms with Gasteiger partial charge in [0.2, 0.25) is 5.95 Å². The second kappa shape index (κ2) is 2.47. The zero-order valence-corrected chi connectivity index (χ0v) is 7.34. The first-order valence-corrected chi connectivity index (χ1v) is 4.28. The Morgan fingerprint density at radius 2 is 2.14 bits per heavy atom. The Bertz CT molecular complexity index is 491. The third kappa shape index (κ3) is 0.834. The predicted molar refractivity (Wildman–Crippen MR) is 50.1 cm³/mol. The third-order valence-corrected chi connectivity index (χ3v) is 2.22. The molecule has 5 heteroatoms. The van der Waals surface area contributed by atoms with Crippen molar-refractivity contribution in [2.75, 3.05) is 5.73 Å². The van der Waals surface area contributed by atoms with Crippen LogP contribution < -0.4 is 10.5 Å². The molecule has 14 heavy (non-hydrogen) atoms. The molecule has 70 valence electrons. The van der Waals surface area contributed by atoms with Crippen LogP contribution in [-0.4, -0.2) is 14.8 Å². The van der Waals surface area contributed by atoms with Crippen LogP contribution >= 0.6 is 0 Å². The van der Waals surface area contributed by atoms with Gasteiger partial charge in [0.1, 0.15) is 12.4 Å². The molecule has 2 N–H and O–H groups in total. The van der Waals surface area contributed by atoms with Crippen LogP contribution in [0.5, 0.6) is 5.75 Å². The number of nitrogen functional groups attached to an aromatic ring is 1. The fourth-order valence-corrected chi connectivity index (χ4v) is 1.59. The summed E-state index contributed by atoms with van der Waals surface area (Å²) in [5.41, 5.74) is 6.61. The normalized spacial score (nSPS) is 12.9. The monoisotopic (exact) mass is 188 g/mol. The molecule has 0 bridgehead atoms. The summed E-state index contributed by atoms with van der Waals surface area (Å²) >= 11 is 0. The van der Waals surface area contributed by atoms with Crippen molar-refractivity contribution in [2.24, 2.45) is 0 Å². The molecule has 0 spiro atoms. The number of para-hydroxylation sites is 2. The molecule has 3 rings (SSSR count). The molecule has 2 aromatic rings. The van der Waals surface area contributed by atoms with Crippen molar-refractivity contribution in [3.63, 3.8) is 0 Å². The van der Waals surface area contributed by atoms with Crippen LogP contribution in [0.1, 0.15) is 5.82 Å². The highest BCUT2D eigenvalue weighted by Gasteiger charge is 2.20. The summed E-state index contributed by atoms with van der Waals surface area (Å²) in [6.45, 7) is 0.418. The first-order valence-electron chi connectivity index (χ1n) is 4.28. The highest BCUT2D eigenvalue weighted by Crippen LogP contribution is 2.29. The van der Waals surface area contributed by atoms with Crippen LogP contribution in [0.15, 0.2) is 24.3 Å². The maximum absolute atomic E-state index is 5.71. The van der Waals surface area contributed by atoms with Crippen LogP contribution in [0.3, 0.4) is 0 Å². The molecule has 1 aliphatic rings. The summed E-state index contributed by atoms with van der Waals surface area (Å²) in [7, 11) is 0. The van der Waals surface area contributed by atoms with Gasteiger partial charge < -0.3 is 10.5 Å². The van der Waals surface area contributed by atoms with Crippen LogP contribution in [-0.2, 0) is 6.61 Å². The SMILES string of the molecule is Nc1nnc2n1-c1ccccc1OC2. The fraction of sp³-hybridized carbons (Fsp3) is 0.111. The molecule has 1 aromatic carbocycles. The number of ether oxygens (including phenoxy) is 1. The van der Waals surface area contributed by atoms with E-state index in [0.29, 0.717) is 12.6 Å². The van der Waals surface area contributed by atoms with Crippen molar-refractivity contribution in [1.29, 1.82) is 0 Å². The number of nitrogens with zero attached hydrogens (tertiary/aromatic N) is 3. The van der Waals surface area contributed by atoms with Crippen molar-refractivity contribution >= 4 is 5.95 Å². The summed E-state index contributed by atoms with van der Waals surface area (Å²) in [4.78, 5) is 0. The number of benzene rings is 1. The van der Waals surface area contributed by atoms with Gasteiger partial charge in [0, 0.05) is 0 Å². The van der Waals surface area contributed by atoms with E-state index in [9.17, 15) is 0 Å². The third-order valence-electron chi connectivity index (χ3n) is 2.22. The average molecular weight is 188 g/mol. The highest BCUT2D eigenvalue weighted by molar-refractivity contribution is 5.52. The molecule has 0 saturated carbocycles. The van der Waals surface area contributed by atoms with Gasteiger partial charge in [-0.15, -0.1) is 10.2 Å². The Morgan fingerprint density at radius 1 is 1.29 bits per heavy atom. The molecule has 0 aliphatic carbocycles. The maximum atomic E-state index is 5.71. The van der Waals surface area contributed by atoms with Gasteiger partial charge in [0.05, 0.1) is 5.69 Å². The Morgan fingerprint density at radius 3 is 3.07 bits per heavy atom. The molecule has 0 radical (unpaired) electrons. The van der Waals surface area contributed by atoms with Gasteiger partial charge >= 0.3 is 0 Å². The van der Waals surface area contributed by atoms with E-state index in [4.69, 9.17) is 10.5 Å².